The van der Waals surface area contributed by atoms with Crippen molar-refractivity contribution >= 4 is 46.1 Å². The van der Waals surface area contributed by atoms with Crippen LogP contribution in [0.5, 0.6) is 0 Å². The minimum Gasteiger partial charge on any atom is -1.00 e. The van der Waals surface area contributed by atoms with E-state index < -0.39 is 0 Å². The Labute approximate surface area is 88.0 Å². The van der Waals surface area contributed by atoms with Crippen LogP contribution in [0, 0.1) is 0 Å². The molecule has 0 fully saturated rings. The van der Waals surface area contributed by atoms with Gasteiger partial charge in [0.25, 0.3) is 0 Å². The zero-order valence-corrected chi connectivity index (χ0v) is 7.94. The molecule has 0 aliphatic carbocycles. The molecule has 0 heterocycles. The molecule has 0 N–H and O–H groups in total. The largest absolute Gasteiger partial charge is 2.00 e. The Morgan fingerprint density at radius 1 is 0.571 bits per heavy atom. The van der Waals surface area contributed by atoms with Crippen molar-refractivity contribution in [2.75, 3.05) is 0 Å². The van der Waals surface area contributed by atoms with Crippen molar-refractivity contribution in [1.82, 2.24) is 0 Å². The van der Waals surface area contributed by atoms with E-state index >= 15 is 0 Å². The molecular formula is Mg2O4Ti. The molecule has 0 radical (unpaired) electrons. The molecule has 0 bridgehead atoms. The second-order valence-corrected chi connectivity index (χ2v) is 0. The van der Waals surface area contributed by atoms with Crippen LogP contribution in [0.15, 0.2) is 0 Å². The van der Waals surface area contributed by atoms with Crippen LogP contribution in [0.25, 0.3) is 0 Å². The van der Waals surface area contributed by atoms with Crippen molar-refractivity contribution in [3.05, 3.63) is 0 Å². The second kappa shape index (κ2) is 93.3. The van der Waals surface area contributed by atoms with E-state index in [1.807, 2.05) is 0 Å². The van der Waals surface area contributed by atoms with Crippen LogP contribution in [-0.4, -0.2) is 46.1 Å². The summed E-state index contributed by atoms with van der Waals surface area (Å²) in [7, 11) is 0. The van der Waals surface area contributed by atoms with Crippen molar-refractivity contribution < 1.29 is 42.7 Å². The molecule has 0 aromatic rings. The second-order valence-electron chi connectivity index (χ2n) is 0. The summed E-state index contributed by atoms with van der Waals surface area (Å²) in [5.74, 6) is 0. The van der Waals surface area contributed by atoms with E-state index in [0.717, 1.165) is 0 Å². The van der Waals surface area contributed by atoms with Gasteiger partial charge < -0.3 is 21.0 Å². The van der Waals surface area contributed by atoms with Crippen molar-refractivity contribution in [2.24, 2.45) is 0 Å². The van der Waals surface area contributed by atoms with Gasteiger partial charge in [0.1, 0.15) is 0 Å². The molecular weight excluding hydrogens is 160 g/mol. The first-order chi connectivity index (χ1) is 2.00. The van der Waals surface area contributed by atoms with Crippen molar-refractivity contribution in [3.63, 3.8) is 0 Å². The Morgan fingerprint density at radius 2 is 0.571 bits per heavy atom. The van der Waals surface area contributed by atoms with Crippen molar-refractivity contribution in [3.8, 4) is 0 Å². The quantitative estimate of drug-likeness (QED) is 0.201. The normalized spacial score (nSPS) is 1.71. The summed E-state index contributed by atoms with van der Waals surface area (Å²) in [6.45, 7) is 0. The molecule has 0 spiro atoms. The minimum absolute atomic E-state index is 0. The monoisotopic (exact) mass is 160 g/mol. The molecule has 7 heavy (non-hydrogen) atoms. The fourth-order valence-corrected chi connectivity index (χ4v) is 0. The van der Waals surface area contributed by atoms with Gasteiger partial charge in [-0.2, -0.15) is 0 Å². The zero-order chi connectivity index (χ0) is 4.00. The van der Waals surface area contributed by atoms with Gasteiger partial charge in [-0.25, -0.2) is 0 Å². The maximum absolute atomic E-state index is 7.00. The SMILES string of the molecule is [Mg+2].[Mg+2].[O-][O-].[O-][O-].[Ti]. The van der Waals surface area contributed by atoms with Gasteiger partial charge in [-0.05, 0) is 0 Å². The zero-order valence-electron chi connectivity index (χ0n) is 3.55. The molecule has 0 saturated carbocycles. The maximum Gasteiger partial charge on any atom is 2.00 e. The third-order valence-electron chi connectivity index (χ3n) is 0. The van der Waals surface area contributed by atoms with E-state index in [9.17, 15) is 0 Å². The first-order valence-corrected chi connectivity index (χ1v) is 0.333. The van der Waals surface area contributed by atoms with E-state index in [1.165, 1.54) is 0 Å². The van der Waals surface area contributed by atoms with Gasteiger partial charge in [0.2, 0.25) is 0 Å². The molecule has 0 unspecified atom stereocenters. The predicted octanol–water partition coefficient (Wildman–Crippen LogP) is -5.52. The third-order valence-corrected chi connectivity index (χ3v) is 0. The number of hydrogen-bond acceptors (Lipinski definition) is 4. The molecule has 0 atom stereocenters. The minimum atomic E-state index is 0. The van der Waals surface area contributed by atoms with E-state index in [2.05, 4.69) is 0 Å². The first kappa shape index (κ1) is 35.6. The van der Waals surface area contributed by atoms with Gasteiger partial charge >= 0.3 is 46.1 Å². The van der Waals surface area contributed by atoms with Gasteiger partial charge in [-0.15, -0.1) is 0 Å². The standard InChI is InChI=1S/2Mg.2O2.Ti/c;;2*1-2;/q2*+2;2*-2;. The molecule has 0 rings (SSSR count). The average Bonchev–Trinajstić information content (AvgIpc) is 1.50. The number of hydrogen-bond donors (Lipinski definition) is 0. The Hall–Kier alpha value is 2.09. The molecule has 0 aromatic heterocycles. The average molecular weight is 160 g/mol. The Balaban J connectivity index is -0.00000000267. The molecule has 0 saturated heterocycles. The molecule has 0 aliphatic heterocycles. The van der Waals surface area contributed by atoms with Crippen LogP contribution in [-0.2, 0) is 21.7 Å². The van der Waals surface area contributed by atoms with Gasteiger partial charge in [0.15, 0.2) is 0 Å². The van der Waals surface area contributed by atoms with Gasteiger partial charge in [0, 0.05) is 21.7 Å². The molecule has 32 valence electrons. The topological polar surface area (TPSA) is 92.2 Å². The Kier molecular flexibility index (Phi) is 474. The van der Waals surface area contributed by atoms with Gasteiger partial charge in [0.05, 0.1) is 0 Å². The third kappa shape index (κ3) is 68.8. The summed E-state index contributed by atoms with van der Waals surface area (Å²) < 4.78 is 0. The van der Waals surface area contributed by atoms with Crippen molar-refractivity contribution in [1.29, 1.82) is 0 Å². The van der Waals surface area contributed by atoms with E-state index in [1.54, 1.807) is 0 Å². The van der Waals surface area contributed by atoms with Crippen LogP contribution < -0.4 is 21.0 Å². The molecule has 7 heteroatoms. The molecule has 0 aliphatic rings. The summed E-state index contributed by atoms with van der Waals surface area (Å²) in [5.41, 5.74) is 0. The molecule has 4 nitrogen and oxygen atoms in total. The van der Waals surface area contributed by atoms with Crippen LogP contribution in [0.3, 0.4) is 0 Å². The molecule has 0 aromatic carbocycles. The van der Waals surface area contributed by atoms with Crippen LogP contribution in [0.1, 0.15) is 0 Å². The smallest absolute Gasteiger partial charge is 1.00 e. The molecule has 0 amide bonds. The fourth-order valence-electron chi connectivity index (χ4n) is 0. The van der Waals surface area contributed by atoms with E-state index in [-0.39, 0.29) is 67.8 Å². The Morgan fingerprint density at radius 3 is 0.571 bits per heavy atom. The van der Waals surface area contributed by atoms with Crippen molar-refractivity contribution in [2.45, 2.75) is 0 Å². The maximum atomic E-state index is 7.00. The van der Waals surface area contributed by atoms with Crippen LogP contribution in [0.4, 0.5) is 0 Å². The van der Waals surface area contributed by atoms with E-state index in [0.29, 0.717) is 0 Å². The summed E-state index contributed by atoms with van der Waals surface area (Å²) in [5, 5.41) is 28.0. The Bertz CT molecular complexity index is 9.65. The summed E-state index contributed by atoms with van der Waals surface area (Å²) >= 11 is 0. The summed E-state index contributed by atoms with van der Waals surface area (Å²) in [4.78, 5) is 0. The predicted molar refractivity (Wildman–Crippen MR) is 11.5 cm³/mol. The van der Waals surface area contributed by atoms with Gasteiger partial charge in [-0.1, -0.05) is 0 Å². The summed E-state index contributed by atoms with van der Waals surface area (Å²) in [6.07, 6.45) is 0. The fraction of sp³-hybridized carbons (Fsp3) is 0. The van der Waals surface area contributed by atoms with Gasteiger partial charge in [-0.3, -0.25) is 0 Å². The van der Waals surface area contributed by atoms with Crippen LogP contribution in [0.2, 0.25) is 0 Å². The van der Waals surface area contributed by atoms with Crippen LogP contribution >= 0.6 is 0 Å². The number of rotatable bonds is 0. The van der Waals surface area contributed by atoms with E-state index in [4.69, 9.17) is 21.0 Å². The summed E-state index contributed by atoms with van der Waals surface area (Å²) in [6, 6.07) is 0. The first-order valence-electron chi connectivity index (χ1n) is 0.333.